The lowest BCUT2D eigenvalue weighted by atomic mass is 10.0. The Bertz CT molecular complexity index is 829. The maximum atomic E-state index is 11.1. The monoisotopic (exact) mass is 499 g/mol. The number of nitrogens with two attached hydrogens (primary N) is 1. The number of anilines is 1. The highest BCUT2D eigenvalue weighted by Crippen LogP contribution is 2.42. The zero-order valence-corrected chi connectivity index (χ0v) is 18.8. The summed E-state index contributed by atoms with van der Waals surface area (Å²) in [6.07, 6.45) is 0.430. The number of aliphatic carboxylic acids is 1. The van der Waals surface area contributed by atoms with Crippen molar-refractivity contribution in [2.24, 2.45) is 5.92 Å². The largest absolute Gasteiger partial charge is 0.494 e. The minimum atomic E-state index is -0.822. The number of halogens is 2. The molecule has 0 aliphatic heterocycles. The molecule has 0 spiro atoms. The van der Waals surface area contributed by atoms with Gasteiger partial charge in [0.05, 0.1) is 27.7 Å². The van der Waals surface area contributed by atoms with Crippen LogP contribution in [0.15, 0.2) is 33.2 Å². The van der Waals surface area contributed by atoms with Crippen LogP contribution in [-0.2, 0) is 11.2 Å². The lowest BCUT2D eigenvalue weighted by Crippen LogP contribution is -2.12. The summed E-state index contributed by atoms with van der Waals surface area (Å²) in [7, 11) is 1.60. The van der Waals surface area contributed by atoms with E-state index in [9.17, 15) is 4.79 Å². The summed E-state index contributed by atoms with van der Waals surface area (Å²) in [4.78, 5) is 11.1. The van der Waals surface area contributed by atoms with Gasteiger partial charge in [0.1, 0.15) is 11.5 Å². The molecule has 2 aromatic rings. The molecule has 0 saturated carbocycles. The van der Waals surface area contributed by atoms with E-state index in [1.54, 1.807) is 20.1 Å². The molecule has 0 aliphatic rings. The minimum absolute atomic E-state index is 0.220. The van der Waals surface area contributed by atoms with Crippen LogP contribution in [0.5, 0.6) is 17.2 Å². The Balaban J connectivity index is 2.36. The lowest BCUT2D eigenvalue weighted by Gasteiger charge is -2.18. The van der Waals surface area contributed by atoms with Gasteiger partial charge in [-0.15, -0.1) is 0 Å². The molecule has 1 atom stereocenters. The minimum Gasteiger partial charge on any atom is -0.494 e. The number of carboxylic acids is 1. The first kappa shape index (κ1) is 21.6. The number of benzene rings is 2. The van der Waals surface area contributed by atoms with Crippen LogP contribution in [0.1, 0.15) is 37.8 Å². The van der Waals surface area contributed by atoms with Crippen molar-refractivity contribution < 1.29 is 19.4 Å². The molecule has 0 aromatic heterocycles. The fourth-order valence-electron chi connectivity index (χ4n) is 2.76. The molecule has 0 amide bonds. The Hall–Kier alpha value is -1.73. The highest BCUT2D eigenvalue weighted by atomic mass is 79.9. The van der Waals surface area contributed by atoms with E-state index < -0.39 is 11.9 Å². The van der Waals surface area contributed by atoms with Crippen molar-refractivity contribution in [2.45, 2.75) is 33.1 Å². The zero-order chi connectivity index (χ0) is 20.3. The molecule has 0 fully saturated rings. The van der Waals surface area contributed by atoms with Gasteiger partial charge in [-0.25, -0.2) is 0 Å². The van der Waals surface area contributed by atoms with Crippen molar-refractivity contribution in [3.8, 4) is 17.2 Å². The molecule has 0 heterocycles. The van der Waals surface area contributed by atoms with Crippen LogP contribution in [0, 0.1) is 5.92 Å². The predicted octanol–water partition coefficient (Wildman–Crippen LogP) is 5.98. The molecule has 146 valence electrons. The second kappa shape index (κ2) is 8.97. The van der Waals surface area contributed by atoms with Crippen LogP contribution < -0.4 is 15.2 Å². The van der Waals surface area contributed by atoms with Gasteiger partial charge in [-0.1, -0.05) is 20.8 Å². The summed E-state index contributed by atoms with van der Waals surface area (Å²) in [5.74, 6) is 0.792. The quantitative estimate of drug-likeness (QED) is 0.457. The molecule has 0 aliphatic carbocycles. The first-order valence-electron chi connectivity index (χ1n) is 8.50. The molecule has 1 unspecified atom stereocenters. The maximum Gasteiger partial charge on any atom is 0.306 e. The van der Waals surface area contributed by atoms with Crippen LogP contribution in [-0.4, -0.2) is 18.2 Å². The number of rotatable bonds is 7. The molecular weight excluding hydrogens is 478 g/mol. The summed E-state index contributed by atoms with van der Waals surface area (Å²) in [6.45, 7) is 5.80. The normalized spacial score (nSPS) is 12.1. The van der Waals surface area contributed by atoms with Gasteiger partial charge in [-0.3, -0.25) is 4.79 Å². The molecule has 0 radical (unpaired) electrons. The average molecular weight is 501 g/mol. The Morgan fingerprint density at radius 3 is 2.19 bits per heavy atom. The number of nitrogen functional groups attached to an aromatic ring is 1. The van der Waals surface area contributed by atoms with Gasteiger partial charge in [0.2, 0.25) is 0 Å². The second-order valence-corrected chi connectivity index (χ2v) is 8.43. The molecule has 0 saturated heterocycles. The third-order valence-corrected chi connectivity index (χ3v) is 5.37. The predicted molar refractivity (Wildman–Crippen MR) is 114 cm³/mol. The first-order valence-corrected chi connectivity index (χ1v) is 10.1. The van der Waals surface area contributed by atoms with E-state index >= 15 is 0 Å². The van der Waals surface area contributed by atoms with E-state index in [-0.39, 0.29) is 5.92 Å². The highest BCUT2D eigenvalue weighted by Gasteiger charge is 2.18. The van der Waals surface area contributed by atoms with E-state index in [1.807, 2.05) is 18.2 Å². The summed E-state index contributed by atoms with van der Waals surface area (Å²) in [5.41, 5.74) is 8.50. The van der Waals surface area contributed by atoms with Crippen LogP contribution >= 0.6 is 31.9 Å². The first-order chi connectivity index (χ1) is 12.6. The Morgan fingerprint density at radius 2 is 1.70 bits per heavy atom. The number of hydrogen-bond acceptors (Lipinski definition) is 4. The van der Waals surface area contributed by atoms with Crippen LogP contribution in [0.2, 0.25) is 0 Å². The molecular formula is C20H23Br2NO4. The van der Waals surface area contributed by atoms with Gasteiger partial charge in [-0.2, -0.15) is 0 Å². The summed E-state index contributed by atoms with van der Waals surface area (Å²) in [5, 5.41) is 9.10. The van der Waals surface area contributed by atoms with Crippen LogP contribution in [0.4, 0.5) is 5.69 Å². The Morgan fingerprint density at radius 1 is 1.11 bits per heavy atom. The Labute approximate surface area is 176 Å². The van der Waals surface area contributed by atoms with E-state index in [2.05, 4.69) is 45.7 Å². The summed E-state index contributed by atoms with van der Waals surface area (Å²) >= 11 is 7.04. The number of carboxylic acid groups (broad SMARTS) is 1. The molecule has 2 rings (SSSR count). The van der Waals surface area contributed by atoms with E-state index in [4.69, 9.17) is 20.3 Å². The van der Waals surface area contributed by atoms with Crippen molar-refractivity contribution in [2.75, 3.05) is 12.8 Å². The second-order valence-electron chi connectivity index (χ2n) is 6.72. The number of hydrogen-bond donors (Lipinski definition) is 2. The van der Waals surface area contributed by atoms with E-state index in [0.717, 1.165) is 20.1 Å². The van der Waals surface area contributed by atoms with Gasteiger partial charge in [-0.05, 0) is 68.0 Å². The fourth-order valence-corrected chi connectivity index (χ4v) is 4.20. The Kier molecular flexibility index (Phi) is 7.17. The van der Waals surface area contributed by atoms with Gasteiger partial charge in [0, 0.05) is 11.6 Å². The average Bonchev–Trinajstić information content (AvgIpc) is 2.57. The molecule has 27 heavy (non-hydrogen) atoms. The van der Waals surface area contributed by atoms with Crippen molar-refractivity contribution >= 4 is 43.5 Å². The van der Waals surface area contributed by atoms with Crippen molar-refractivity contribution in [3.63, 3.8) is 0 Å². The van der Waals surface area contributed by atoms with Crippen molar-refractivity contribution in [3.05, 3.63) is 44.3 Å². The van der Waals surface area contributed by atoms with E-state index in [0.29, 0.717) is 29.4 Å². The van der Waals surface area contributed by atoms with Gasteiger partial charge in [0.25, 0.3) is 0 Å². The van der Waals surface area contributed by atoms with Crippen molar-refractivity contribution in [1.29, 1.82) is 0 Å². The number of carbonyl (C=O) groups is 1. The topological polar surface area (TPSA) is 81.8 Å². The zero-order valence-electron chi connectivity index (χ0n) is 15.7. The maximum absolute atomic E-state index is 11.1. The molecule has 7 heteroatoms. The molecule has 2 aromatic carbocycles. The van der Waals surface area contributed by atoms with Gasteiger partial charge >= 0.3 is 5.97 Å². The SMILES string of the molecule is COc1c(N)cc(Oc2c(Br)cc(CC(C)C(=O)O)cc2Br)cc1C(C)C. The summed E-state index contributed by atoms with van der Waals surface area (Å²) in [6, 6.07) is 7.38. The lowest BCUT2D eigenvalue weighted by molar-refractivity contribution is -0.141. The van der Waals surface area contributed by atoms with Gasteiger partial charge in [0.15, 0.2) is 5.75 Å². The van der Waals surface area contributed by atoms with Crippen LogP contribution in [0.3, 0.4) is 0 Å². The number of methoxy groups -OCH3 is 1. The highest BCUT2D eigenvalue weighted by molar-refractivity contribution is 9.11. The molecule has 3 N–H and O–H groups in total. The van der Waals surface area contributed by atoms with Crippen LogP contribution in [0.25, 0.3) is 0 Å². The molecule has 0 bridgehead atoms. The smallest absolute Gasteiger partial charge is 0.306 e. The fraction of sp³-hybridized carbons (Fsp3) is 0.350. The van der Waals surface area contributed by atoms with E-state index in [1.165, 1.54) is 0 Å². The van der Waals surface area contributed by atoms with Crippen molar-refractivity contribution in [1.82, 2.24) is 0 Å². The number of ether oxygens (including phenoxy) is 2. The standard InChI is InChI=1S/C20H23Br2NO4/c1-10(2)14-8-13(9-17(23)18(14)26-4)27-19-15(21)6-12(7-16(19)22)5-11(3)20(24)25/h6-11H,5,23H2,1-4H3,(H,24,25). The third-order valence-electron chi connectivity index (χ3n) is 4.19. The molecule has 5 nitrogen and oxygen atoms in total. The van der Waals surface area contributed by atoms with Gasteiger partial charge < -0.3 is 20.3 Å². The summed E-state index contributed by atoms with van der Waals surface area (Å²) < 4.78 is 12.9. The third kappa shape index (κ3) is 5.17.